The van der Waals surface area contributed by atoms with Crippen molar-refractivity contribution in [2.75, 3.05) is 13.1 Å². The molecule has 0 unspecified atom stereocenters. The van der Waals surface area contributed by atoms with Gasteiger partial charge in [0.05, 0.1) is 5.41 Å². The average Bonchev–Trinajstić information content (AvgIpc) is 2.57. The van der Waals surface area contributed by atoms with Crippen LogP contribution in [0.15, 0.2) is 12.0 Å². The highest BCUT2D eigenvalue weighted by Gasteiger charge is 2.53. The highest BCUT2D eigenvalue weighted by Crippen LogP contribution is 2.53. The molecule has 24 heavy (non-hydrogen) atoms. The van der Waals surface area contributed by atoms with E-state index in [2.05, 4.69) is 11.9 Å². The Hall–Kier alpha value is -0.880. The van der Waals surface area contributed by atoms with Crippen LogP contribution in [0, 0.1) is 23.7 Å². The topological polar surface area (TPSA) is 63.2 Å². The number of urea groups is 1. The van der Waals surface area contributed by atoms with E-state index < -0.39 is 13.9 Å². The Labute approximate surface area is 145 Å². The van der Waals surface area contributed by atoms with Crippen LogP contribution in [0.3, 0.4) is 0 Å². The molecule has 4 aliphatic carbocycles. The highest BCUT2D eigenvalue weighted by molar-refractivity contribution is 7.89. The molecule has 5 nitrogen and oxygen atoms in total. The zero-order chi connectivity index (χ0) is 16.9. The van der Waals surface area contributed by atoms with E-state index in [0.717, 1.165) is 36.5 Å². The summed E-state index contributed by atoms with van der Waals surface area (Å²) < 4.78 is 24.9. The summed E-state index contributed by atoms with van der Waals surface area (Å²) in [6.45, 7) is 4.24. The Morgan fingerprint density at radius 1 is 0.958 bits per heavy atom. The third-order valence-electron chi connectivity index (χ3n) is 7.12. The molecule has 4 saturated carbocycles. The molecule has 6 heteroatoms. The quantitative estimate of drug-likeness (QED) is 0.793. The fourth-order valence-electron chi connectivity index (χ4n) is 6.16. The second-order valence-corrected chi connectivity index (χ2v) is 10.5. The molecule has 0 spiro atoms. The summed E-state index contributed by atoms with van der Waals surface area (Å²) in [5, 5.41) is 4.20. The fraction of sp³-hybridized carbons (Fsp3) is 0.833. The van der Waals surface area contributed by atoms with Crippen molar-refractivity contribution in [2.45, 2.75) is 57.4 Å². The number of quaternary nitrogens is 1. The van der Waals surface area contributed by atoms with Gasteiger partial charge in [-0.25, -0.2) is 4.79 Å². The van der Waals surface area contributed by atoms with Gasteiger partial charge in [-0.15, -0.1) is 3.89 Å². The van der Waals surface area contributed by atoms with Crippen molar-refractivity contribution in [3.63, 3.8) is 0 Å². The second kappa shape index (κ2) is 5.84. The van der Waals surface area contributed by atoms with Gasteiger partial charge in [0.25, 0.3) is 0 Å². The van der Waals surface area contributed by atoms with Crippen LogP contribution < -0.4 is 5.32 Å². The molecule has 0 radical (unpaired) electrons. The Morgan fingerprint density at radius 2 is 1.50 bits per heavy atom. The van der Waals surface area contributed by atoms with Crippen LogP contribution in [0.4, 0.5) is 4.79 Å². The van der Waals surface area contributed by atoms with Gasteiger partial charge in [0.15, 0.2) is 0 Å². The van der Waals surface area contributed by atoms with E-state index in [-0.39, 0.29) is 12.1 Å². The monoisotopic (exact) mass is 353 g/mol. The number of nitrogens with one attached hydrogen (secondary N) is 1. The van der Waals surface area contributed by atoms with Crippen molar-refractivity contribution < 1.29 is 17.1 Å². The molecule has 0 aromatic carbocycles. The first-order valence-corrected chi connectivity index (χ1v) is 11.0. The van der Waals surface area contributed by atoms with E-state index in [1.54, 1.807) is 0 Å². The summed E-state index contributed by atoms with van der Waals surface area (Å²) in [5.41, 5.74) is 0. The van der Waals surface area contributed by atoms with Crippen LogP contribution in [0.25, 0.3) is 0 Å². The molecule has 134 valence electrons. The molecule has 5 aliphatic rings. The summed E-state index contributed by atoms with van der Waals surface area (Å²) in [6.07, 6.45) is 8.79. The largest absolute Gasteiger partial charge is 0.432 e. The molecule has 1 aliphatic heterocycles. The van der Waals surface area contributed by atoms with Gasteiger partial charge in [0.1, 0.15) is 13.1 Å². The number of nitrogens with zero attached hydrogens (tertiary/aromatic N) is 1. The molecule has 1 heterocycles. The summed E-state index contributed by atoms with van der Waals surface area (Å²) in [6, 6.07) is -0.116. The third-order valence-corrected chi connectivity index (χ3v) is 9.05. The normalized spacial score (nSPS) is 40.2. The summed E-state index contributed by atoms with van der Waals surface area (Å²) in [5.74, 6) is 2.80. The van der Waals surface area contributed by atoms with Gasteiger partial charge in [-0.3, -0.25) is 0 Å². The van der Waals surface area contributed by atoms with Gasteiger partial charge in [0.2, 0.25) is 0 Å². The summed E-state index contributed by atoms with van der Waals surface area (Å²) >= 11 is 0. The minimum Gasteiger partial charge on any atom is -0.301 e. The zero-order valence-corrected chi connectivity index (χ0v) is 15.1. The van der Waals surface area contributed by atoms with Gasteiger partial charge < -0.3 is 5.32 Å². The standard InChI is InChI=1S/C18H28N2O3S/c1-2-24(22,23)20(6-4-3-5-7-20)18(21)19-17-15-9-13-8-14(11-15)12-16(17)10-13/h2,13-17H,1,3-12H2/p+1. The maximum atomic E-state index is 13.2. The number of hydrogen-bond donors (Lipinski definition) is 1. The van der Waals surface area contributed by atoms with Crippen LogP contribution in [0.2, 0.25) is 0 Å². The maximum absolute atomic E-state index is 13.2. The number of hydrogen-bond acceptors (Lipinski definition) is 3. The predicted molar refractivity (Wildman–Crippen MR) is 92.3 cm³/mol. The molecule has 1 N–H and O–H groups in total. The van der Waals surface area contributed by atoms with E-state index in [1.807, 2.05) is 0 Å². The van der Waals surface area contributed by atoms with Crippen LogP contribution >= 0.6 is 0 Å². The SMILES string of the molecule is C=CS(=O)(=O)[N+]1(C(=O)NC2C3CC4CC(C3)CC2C4)CCCCC1. The van der Waals surface area contributed by atoms with Crippen molar-refractivity contribution >= 4 is 16.1 Å². The fourth-order valence-corrected chi connectivity index (χ4v) is 7.50. The minimum atomic E-state index is -3.67. The van der Waals surface area contributed by atoms with E-state index in [9.17, 15) is 13.2 Å². The third kappa shape index (κ3) is 2.45. The Kier molecular flexibility index (Phi) is 4.03. The predicted octanol–water partition coefficient (Wildman–Crippen LogP) is 2.99. The van der Waals surface area contributed by atoms with Gasteiger partial charge in [-0.2, -0.15) is 8.42 Å². The number of likely N-dealkylation sites (tertiary alicyclic amines) is 1. The molecule has 1 saturated heterocycles. The van der Waals surface area contributed by atoms with Crippen molar-refractivity contribution in [1.29, 1.82) is 0 Å². The van der Waals surface area contributed by atoms with E-state index in [4.69, 9.17) is 0 Å². The molecular weight excluding hydrogens is 324 g/mol. The number of amides is 2. The number of piperidine rings is 1. The van der Waals surface area contributed by atoms with Crippen LogP contribution in [-0.2, 0) is 10.0 Å². The molecule has 2 amide bonds. The lowest BCUT2D eigenvalue weighted by atomic mass is 9.54. The number of carbonyl (C=O) groups excluding carboxylic acids is 1. The number of carbonyl (C=O) groups is 1. The van der Waals surface area contributed by atoms with Gasteiger partial charge in [-0.1, -0.05) is 6.58 Å². The van der Waals surface area contributed by atoms with Crippen LogP contribution in [0.5, 0.6) is 0 Å². The molecule has 0 aromatic rings. The van der Waals surface area contributed by atoms with Crippen LogP contribution in [0.1, 0.15) is 51.4 Å². The lowest BCUT2D eigenvalue weighted by molar-refractivity contribution is -0.728. The number of sulfonamides is 1. The Bertz CT molecular complexity index is 609. The summed E-state index contributed by atoms with van der Waals surface area (Å²) in [4.78, 5) is 13.2. The second-order valence-electron chi connectivity index (χ2n) is 8.48. The molecule has 5 fully saturated rings. The first-order valence-electron chi connectivity index (χ1n) is 9.51. The van der Waals surface area contributed by atoms with E-state index in [0.29, 0.717) is 24.9 Å². The van der Waals surface area contributed by atoms with Gasteiger partial charge in [-0.05, 0) is 75.0 Å². The first kappa shape index (κ1) is 16.6. The van der Waals surface area contributed by atoms with Crippen molar-refractivity contribution in [3.05, 3.63) is 12.0 Å². The van der Waals surface area contributed by atoms with E-state index in [1.165, 1.54) is 32.1 Å². The van der Waals surface area contributed by atoms with Gasteiger partial charge >= 0.3 is 16.1 Å². The lowest BCUT2D eigenvalue weighted by Crippen LogP contribution is -2.66. The average molecular weight is 354 g/mol. The zero-order valence-electron chi connectivity index (χ0n) is 14.3. The van der Waals surface area contributed by atoms with Crippen molar-refractivity contribution in [2.24, 2.45) is 23.7 Å². The number of rotatable bonds is 3. The lowest BCUT2D eigenvalue weighted by Gasteiger charge is -2.54. The summed E-state index contributed by atoms with van der Waals surface area (Å²) in [7, 11) is -3.67. The molecule has 5 rings (SSSR count). The Morgan fingerprint density at radius 3 is 2.00 bits per heavy atom. The highest BCUT2D eigenvalue weighted by atomic mass is 32.2. The molecular formula is C18H29N2O3S+. The Balaban J connectivity index is 1.57. The van der Waals surface area contributed by atoms with Crippen LogP contribution in [-0.4, -0.2) is 37.5 Å². The first-order chi connectivity index (χ1) is 11.4. The van der Waals surface area contributed by atoms with Crippen molar-refractivity contribution in [1.82, 2.24) is 5.32 Å². The van der Waals surface area contributed by atoms with Gasteiger partial charge in [0, 0.05) is 6.04 Å². The minimum absolute atomic E-state index is 0.183. The molecule has 0 aromatic heterocycles. The molecule has 0 atom stereocenters. The molecule has 4 bridgehead atoms. The maximum Gasteiger partial charge on any atom is 0.432 e. The van der Waals surface area contributed by atoms with Crippen molar-refractivity contribution in [3.8, 4) is 0 Å². The smallest absolute Gasteiger partial charge is 0.301 e. The van der Waals surface area contributed by atoms with E-state index >= 15 is 0 Å².